The lowest BCUT2D eigenvalue weighted by atomic mass is 10.4. The molecule has 0 spiro atoms. The Morgan fingerprint density at radius 2 is 2.35 bits per heavy atom. The van der Waals surface area contributed by atoms with Gasteiger partial charge in [0, 0.05) is 13.0 Å². The highest BCUT2D eigenvalue weighted by Crippen LogP contribution is 2.10. The van der Waals surface area contributed by atoms with Crippen LogP contribution in [0.4, 0.5) is 5.13 Å². The van der Waals surface area contributed by atoms with Crippen molar-refractivity contribution in [3.05, 3.63) is 16.7 Å². The van der Waals surface area contributed by atoms with Crippen LogP contribution in [0, 0.1) is 6.92 Å². The molecule has 0 bridgehead atoms. The molecule has 9 heteroatoms. The second-order valence-corrected chi connectivity index (χ2v) is 4.20. The van der Waals surface area contributed by atoms with Gasteiger partial charge in [-0.25, -0.2) is 0 Å². The highest BCUT2D eigenvalue weighted by molar-refractivity contribution is 7.16. The maximum atomic E-state index is 11.5. The molecule has 8 nitrogen and oxygen atoms in total. The number of nitrogen functional groups attached to an aromatic ring is 1. The van der Waals surface area contributed by atoms with Crippen molar-refractivity contribution < 1.29 is 9.32 Å². The van der Waals surface area contributed by atoms with E-state index < -0.39 is 0 Å². The third kappa shape index (κ3) is 2.97. The fraction of sp³-hybridized carbons (Fsp3) is 0.375. The average molecular weight is 254 g/mol. The summed E-state index contributed by atoms with van der Waals surface area (Å²) < 4.78 is 4.90. The molecular weight excluding hydrogens is 244 g/mol. The number of nitrogens with one attached hydrogen (secondary N) is 1. The van der Waals surface area contributed by atoms with E-state index in [4.69, 9.17) is 10.3 Å². The molecule has 2 aromatic heterocycles. The molecule has 0 fully saturated rings. The number of amides is 1. The first-order chi connectivity index (χ1) is 8.15. The highest BCUT2D eigenvalue weighted by Gasteiger charge is 2.11. The molecule has 0 unspecified atom stereocenters. The predicted molar refractivity (Wildman–Crippen MR) is 59.4 cm³/mol. The molecule has 2 rings (SSSR count). The van der Waals surface area contributed by atoms with Crippen molar-refractivity contribution in [2.75, 3.05) is 12.3 Å². The Labute approximate surface area is 100 Å². The molecular formula is C8H10N6O2S. The molecule has 0 saturated heterocycles. The minimum absolute atomic E-state index is 0.240. The Balaban J connectivity index is 1.81. The van der Waals surface area contributed by atoms with Gasteiger partial charge in [0.25, 0.3) is 5.91 Å². The van der Waals surface area contributed by atoms with E-state index in [2.05, 4.69) is 25.7 Å². The van der Waals surface area contributed by atoms with Gasteiger partial charge in [0.2, 0.25) is 16.0 Å². The molecule has 2 heterocycles. The number of hydrogen-bond acceptors (Lipinski definition) is 8. The van der Waals surface area contributed by atoms with Gasteiger partial charge in [0.05, 0.1) is 0 Å². The molecule has 0 aliphatic carbocycles. The minimum Gasteiger partial charge on any atom is -0.374 e. The van der Waals surface area contributed by atoms with Crippen molar-refractivity contribution in [2.24, 2.45) is 0 Å². The first-order valence-corrected chi connectivity index (χ1v) is 5.63. The standard InChI is InChI=1S/C8H10N6O2S/c1-4-11-5(16-14-4)2-3-10-6(15)7-12-13-8(9)17-7/h2-3H2,1H3,(H2,9,13)(H,10,15). The van der Waals surface area contributed by atoms with Crippen LogP contribution in [-0.4, -0.2) is 32.8 Å². The molecule has 0 radical (unpaired) electrons. The Morgan fingerprint density at radius 3 is 2.94 bits per heavy atom. The van der Waals surface area contributed by atoms with E-state index in [-0.39, 0.29) is 16.0 Å². The van der Waals surface area contributed by atoms with Crippen molar-refractivity contribution in [3.63, 3.8) is 0 Å². The summed E-state index contributed by atoms with van der Waals surface area (Å²) in [6, 6.07) is 0. The fourth-order valence-corrected chi connectivity index (χ4v) is 1.65. The lowest BCUT2D eigenvalue weighted by Gasteiger charge is -1.98. The smallest absolute Gasteiger partial charge is 0.282 e. The van der Waals surface area contributed by atoms with Gasteiger partial charge in [-0.3, -0.25) is 4.79 Å². The van der Waals surface area contributed by atoms with Crippen LogP contribution in [0.25, 0.3) is 0 Å². The molecule has 0 aliphatic heterocycles. The van der Waals surface area contributed by atoms with Crippen molar-refractivity contribution in [2.45, 2.75) is 13.3 Å². The Bertz CT molecular complexity index is 522. The van der Waals surface area contributed by atoms with Crippen molar-refractivity contribution in [3.8, 4) is 0 Å². The van der Waals surface area contributed by atoms with Crippen LogP contribution in [-0.2, 0) is 6.42 Å². The van der Waals surface area contributed by atoms with E-state index in [1.165, 1.54) is 0 Å². The van der Waals surface area contributed by atoms with Crippen LogP contribution >= 0.6 is 11.3 Å². The van der Waals surface area contributed by atoms with Gasteiger partial charge < -0.3 is 15.6 Å². The number of carbonyl (C=O) groups is 1. The number of aryl methyl sites for hydroxylation is 1. The normalized spacial score (nSPS) is 10.4. The van der Waals surface area contributed by atoms with Crippen LogP contribution in [0.1, 0.15) is 21.5 Å². The van der Waals surface area contributed by atoms with Gasteiger partial charge in [-0.2, -0.15) is 4.98 Å². The monoisotopic (exact) mass is 254 g/mol. The van der Waals surface area contributed by atoms with E-state index in [0.717, 1.165) is 11.3 Å². The number of anilines is 1. The number of carbonyl (C=O) groups excluding carboxylic acids is 1. The summed E-state index contributed by atoms with van der Waals surface area (Å²) in [7, 11) is 0. The number of rotatable bonds is 4. The van der Waals surface area contributed by atoms with Crippen LogP contribution in [0.5, 0.6) is 0 Å². The molecule has 0 aromatic carbocycles. The zero-order chi connectivity index (χ0) is 12.3. The third-order valence-corrected chi connectivity index (χ3v) is 2.58. The second kappa shape index (κ2) is 4.87. The van der Waals surface area contributed by atoms with Crippen molar-refractivity contribution in [1.29, 1.82) is 0 Å². The highest BCUT2D eigenvalue weighted by atomic mass is 32.1. The van der Waals surface area contributed by atoms with E-state index >= 15 is 0 Å². The maximum Gasteiger partial charge on any atom is 0.282 e. The van der Waals surface area contributed by atoms with Crippen LogP contribution < -0.4 is 11.1 Å². The summed E-state index contributed by atoms with van der Waals surface area (Å²) in [5.41, 5.74) is 5.37. The number of nitrogens with zero attached hydrogens (tertiary/aromatic N) is 4. The minimum atomic E-state index is -0.310. The van der Waals surface area contributed by atoms with E-state index in [0.29, 0.717) is 24.7 Å². The molecule has 1 amide bonds. The Hall–Kier alpha value is -2.03. The van der Waals surface area contributed by atoms with Crippen molar-refractivity contribution >= 4 is 22.4 Å². The van der Waals surface area contributed by atoms with E-state index in [1.54, 1.807) is 6.92 Å². The fourth-order valence-electron chi connectivity index (χ4n) is 1.13. The average Bonchev–Trinajstić information content (AvgIpc) is 2.88. The number of nitrogens with two attached hydrogens (primary N) is 1. The molecule has 0 aliphatic rings. The summed E-state index contributed by atoms with van der Waals surface area (Å²) in [5, 5.41) is 14.0. The molecule has 0 saturated carbocycles. The Kier molecular flexibility index (Phi) is 3.28. The summed E-state index contributed by atoms with van der Waals surface area (Å²) >= 11 is 1.04. The first-order valence-electron chi connectivity index (χ1n) is 4.81. The zero-order valence-electron chi connectivity index (χ0n) is 9.01. The van der Waals surface area contributed by atoms with E-state index in [1.807, 2.05) is 0 Å². The first kappa shape index (κ1) is 11.5. The molecule has 0 atom stereocenters. The molecule has 90 valence electrons. The SMILES string of the molecule is Cc1noc(CCNC(=O)c2nnc(N)s2)n1. The third-order valence-electron chi connectivity index (χ3n) is 1.83. The predicted octanol–water partition coefficient (Wildman–Crippen LogP) is -0.216. The van der Waals surface area contributed by atoms with Crippen molar-refractivity contribution in [1.82, 2.24) is 25.7 Å². The van der Waals surface area contributed by atoms with Gasteiger partial charge in [0.15, 0.2) is 5.82 Å². The maximum absolute atomic E-state index is 11.5. The molecule has 17 heavy (non-hydrogen) atoms. The van der Waals surface area contributed by atoms with Crippen LogP contribution in [0.15, 0.2) is 4.52 Å². The second-order valence-electron chi connectivity index (χ2n) is 3.19. The molecule has 3 N–H and O–H groups in total. The van der Waals surface area contributed by atoms with E-state index in [9.17, 15) is 4.79 Å². The van der Waals surface area contributed by atoms with Crippen LogP contribution in [0.3, 0.4) is 0 Å². The summed E-state index contributed by atoms with van der Waals surface area (Å²) in [6.07, 6.45) is 0.473. The summed E-state index contributed by atoms with van der Waals surface area (Å²) in [4.78, 5) is 15.5. The van der Waals surface area contributed by atoms with Gasteiger partial charge >= 0.3 is 0 Å². The quantitative estimate of drug-likeness (QED) is 0.774. The lowest BCUT2D eigenvalue weighted by Crippen LogP contribution is -2.25. The zero-order valence-corrected chi connectivity index (χ0v) is 9.82. The van der Waals surface area contributed by atoms with Gasteiger partial charge in [-0.05, 0) is 6.92 Å². The summed E-state index contributed by atoms with van der Waals surface area (Å²) in [5.74, 6) is 0.748. The Morgan fingerprint density at radius 1 is 1.53 bits per heavy atom. The largest absolute Gasteiger partial charge is 0.374 e. The van der Waals surface area contributed by atoms with Crippen LogP contribution in [0.2, 0.25) is 0 Å². The lowest BCUT2D eigenvalue weighted by molar-refractivity contribution is 0.0952. The van der Waals surface area contributed by atoms with Gasteiger partial charge in [-0.15, -0.1) is 10.2 Å². The van der Waals surface area contributed by atoms with Gasteiger partial charge in [0.1, 0.15) is 0 Å². The van der Waals surface area contributed by atoms with Gasteiger partial charge in [-0.1, -0.05) is 16.5 Å². The topological polar surface area (TPSA) is 120 Å². The number of hydrogen-bond donors (Lipinski definition) is 2. The molecule has 2 aromatic rings. The number of aromatic nitrogens is 4. The summed E-state index contributed by atoms with van der Waals surface area (Å²) in [6.45, 7) is 2.12.